The van der Waals surface area contributed by atoms with Crippen LogP contribution in [0.5, 0.6) is 0 Å². The van der Waals surface area contributed by atoms with Crippen LogP contribution in [0.2, 0.25) is 0 Å². The highest BCUT2D eigenvalue weighted by molar-refractivity contribution is 7.80. The maximum absolute atomic E-state index is 4.90. The lowest BCUT2D eigenvalue weighted by Gasteiger charge is -2.00. The van der Waals surface area contributed by atoms with Gasteiger partial charge in [0.2, 0.25) is 0 Å². The van der Waals surface area contributed by atoms with Crippen LogP contribution in [0.15, 0.2) is 58.3 Å². The van der Waals surface area contributed by atoms with Crippen molar-refractivity contribution in [2.24, 2.45) is 11.8 Å². The average Bonchev–Trinajstić information content (AvgIpc) is 2.45. The van der Waals surface area contributed by atoms with Crippen LogP contribution in [0.3, 0.4) is 0 Å². The van der Waals surface area contributed by atoms with Gasteiger partial charge in [-0.05, 0) is 23.3 Å². The Labute approximate surface area is 129 Å². The summed E-state index contributed by atoms with van der Waals surface area (Å²) in [4.78, 5) is 10.7. The normalized spacial score (nSPS) is 9.80. The predicted octanol–water partition coefficient (Wildman–Crippen LogP) is 2.73. The molecule has 0 atom stereocenters. The van der Waals surface area contributed by atoms with Crippen LogP contribution in [0, 0.1) is 0 Å². The van der Waals surface area contributed by atoms with Gasteiger partial charge in [-0.2, -0.15) is 0 Å². The molecule has 0 unspecified atom stereocenters. The Morgan fingerprint density at radius 3 is 1.35 bits per heavy atom. The van der Waals surface area contributed by atoms with Crippen LogP contribution in [0.25, 0.3) is 0 Å². The molecule has 0 heterocycles. The van der Waals surface area contributed by atoms with Gasteiger partial charge in [-0.25, -0.2) is 11.8 Å². The van der Waals surface area contributed by atoms with Crippen molar-refractivity contribution in [1.29, 1.82) is 0 Å². The molecule has 0 aromatic heterocycles. The molecule has 6 heteroatoms. The molecule has 4 nitrogen and oxygen atoms in total. The van der Waals surface area contributed by atoms with Gasteiger partial charge in [0.05, 0.1) is 13.2 Å². The lowest BCUT2D eigenvalue weighted by Crippen LogP contribution is -1.99. The Morgan fingerprint density at radius 2 is 1.05 bits per heavy atom. The van der Waals surface area contributed by atoms with Crippen LogP contribution >= 0.6 is 25.3 Å². The molecule has 0 saturated carbocycles. The molecule has 0 amide bonds. The molecule has 0 bridgehead atoms. The van der Waals surface area contributed by atoms with E-state index in [1.807, 2.05) is 48.5 Å². The molecule has 0 aliphatic carbocycles. The highest BCUT2D eigenvalue weighted by Crippen LogP contribution is 2.13. The van der Waals surface area contributed by atoms with Gasteiger partial charge in [-0.15, -0.1) is 25.3 Å². The topological polar surface area (TPSA) is 70.5 Å². The van der Waals surface area contributed by atoms with E-state index in [2.05, 4.69) is 34.9 Å². The van der Waals surface area contributed by atoms with Gasteiger partial charge >= 0.3 is 0 Å². The minimum Gasteiger partial charge on any atom is -0.300 e. The Hall–Kier alpha value is -1.02. The van der Waals surface area contributed by atoms with Crippen molar-refractivity contribution < 1.29 is 9.68 Å². The molecule has 0 aliphatic heterocycles. The minimum absolute atomic E-state index is 0.416. The Balaban J connectivity index is 0.000000200. The van der Waals surface area contributed by atoms with Gasteiger partial charge in [0, 0.05) is 9.79 Å². The molecule has 0 radical (unpaired) electrons. The number of benzene rings is 2. The predicted molar refractivity (Wildman–Crippen MR) is 85.3 cm³/mol. The van der Waals surface area contributed by atoms with E-state index in [1.165, 1.54) is 0 Å². The molecule has 2 rings (SSSR count). The average molecular weight is 310 g/mol. The number of rotatable bonds is 4. The summed E-state index contributed by atoms with van der Waals surface area (Å²) in [5, 5.41) is 0. The first-order valence-corrected chi connectivity index (χ1v) is 6.75. The van der Waals surface area contributed by atoms with Gasteiger partial charge in [0.15, 0.2) is 0 Å². The summed E-state index contributed by atoms with van der Waals surface area (Å²) in [5.74, 6) is 9.79. The maximum Gasteiger partial charge on any atom is 0.0940 e. The smallest absolute Gasteiger partial charge is 0.0940 e. The highest BCUT2D eigenvalue weighted by atomic mass is 32.1. The summed E-state index contributed by atoms with van der Waals surface area (Å²) in [6.07, 6.45) is 0. The van der Waals surface area contributed by atoms with Gasteiger partial charge < -0.3 is 0 Å². The van der Waals surface area contributed by atoms with Gasteiger partial charge in [0.1, 0.15) is 0 Å². The van der Waals surface area contributed by atoms with Crippen LogP contribution in [0.4, 0.5) is 0 Å². The largest absolute Gasteiger partial charge is 0.300 e. The second-order valence-electron chi connectivity index (χ2n) is 3.88. The molecular weight excluding hydrogens is 292 g/mol. The fourth-order valence-electron chi connectivity index (χ4n) is 1.45. The van der Waals surface area contributed by atoms with E-state index in [4.69, 9.17) is 11.8 Å². The number of nitrogens with two attached hydrogens (primary N) is 2. The highest BCUT2D eigenvalue weighted by Gasteiger charge is 1.95. The number of thiol groups is 2. The quantitative estimate of drug-likeness (QED) is 0.518. The molecule has 2 aromatic rings. The molecule has 4 N–H and O–H groups in total. The van der Waals surface area contributed by atoms with Crippen LogP contribution in [-0.4, -0.2) is 0 Å². The van der Waals surface area contributed by atoms with Crippen molar-refractivity contribution in [3.05, 3.63) is 59.7 Å². The van der Waals surface area contributed by atoms with Crippen LogP contribution in [-0.2, 0) is 22.9 Å². The summed E-state index contributed by atoms with van der Waals surface area (Å²) in [7, 11) is 0. The van der Waals surface area contributed by atoms with E-state index in [0.29, 0.717) is 13.2 Å². The summed E-state index contributed by atoms with van der Waals surface area (Å²) in [6, 6.07) is 15.3. The molecule has 0 spiro atoms. The summed E-state index contributed by atoms with van der Waals surface area (Å²) in [6.45, 7) is 0.833. The first-order chi connectivity index (χ1) is 9.69. The number of hydrogen-bond donors (Lipinski definition) is 4. The zero-order chi connectivity index (χ0) is 14.8. The third-order valence-corrected chi connectivity index (χ3v) is 3.33. The lowest BCUT2D eigenvalue weighted by molar-refractivity contribution is 0.122. The van der Waals surface area contributed by atoms with Gasteiger partial charge in [-0.1, -0.05) is 36.4 Å². The first-order valence-electron chi connectivity index (χ1n) is 5.86. The third-order valence-electron chi connectivity index (χ3n) is 2.46. The molecular formula is C14H18N2O2S2. The number of hydrogen-bond acceptors (Lipinski definition) is 6. The molecule has 20 heavy (non-hydrogen) atoms. The molecule has 0 fully saturated rings. The van der Waals surface area contributed by atoms with E-state index in [9.17, 15) is 0 Å². The van der Waals surface area contributed by atoms with E-state index in [-0.39, 0.29) is 0 Å². The zero-order valence-corrected chi connectivity index (χ0v) is 12.7. The second-order valence-corrected chi connectivity index (χ2v) is 4.84. The third kappa shape index (κ3) is 5.96. The summed E-state index contributed by atoms with van der Waals surface area (Å²) in [5.41, 5.74) is 2.02. The summed E-state index contributed by atoms with van der Waals surface area (Å²) < 4.78 is 0. The Kier molecular flexibility index (Phi) is 8.36. The van der Waals surface area contributed by atoms with Gasteiger partial charge in [0.25, 0.3) is 0 Å². The zero-order valence-electron chi connectivity index (χ0n) is 10.9. The molecule has 0 saturated heterocycles. The first kappa shape index (κ1) is 17.0. The Bertz CT molecular complexity index is 477. The van der Waals surface area contributed by atoms with E-state index >= 15 is 0 Å². The van der Waals surface area contributed by atoms with Crippen molar-refractivity contribution in [2.45, 2.75) is 23.0 Å². The van der Waals surface area contributed by atoms with Crippen molar-refractivity contribution in [3.8, 4) is 0 Å². The van der Waals surface area contributed by atoms with Crippen molar-refractivity contribution in [3.63, 3.8) is 0 Å². The molecule has 2 aromatic carbocycles. The van der Waals surface area contributed by atoms with Crippen molar-refractivity contribution in [2.75, 3.05) is 0 Å². The monoisotopic (exact) mass is 310 g/mol. The van der Waals surface area contributed by atoms with Crippen LogP contribution in [0.1, 0.15) is 11.1 Å². The molecule has 0 aliphatic rings. The fourth-order valence-corrected chi connectivity index (χ4v) is 1.90. The van der Waals surface area contributed by atoms with E-state index < -0.39 is 0 Å². The lowest BCUT2D eigenvalue weighted by atomic mass is 10.2. The maximum atomic E-state index is 4.90. The SMILES string of the molecule is NOCc1ccccc1S.NOCc1ccccc1S. The Morgan fingerprint density at radius 1 is 0.700 bits per heavy atom. The minimum atomic E-state index is 0.416. The van der Waals surface area contributed by atoms with Crippen molar-refractivity contribution >= 4 is 25.3 Å². The summed E-state index contributed by atoms with van der Waals surface area (Å²) >= 11 is 8.39. The van der Waals surface area contributed by atoms with Crippen molar-refractivity contribution in [1.82, 2.24) is 0 Å². The van der Waals surface area contributed by atoms with Gasteiger partial charge in [-0.3, -0.25) is 9.68 Å². The standard InChI is InChI=1S/2C7H9NOS/c2*8-9-5-6-3-1-2-4-7(6)10/h2*1-4,10H,5,8H2. The molecule has 108 valence electrons. The second kappa shape index (κ2) is 9.82. The van der Waals surface area contributed by atoms with Crippen LogP contribution < -0.4 is 11.8 Å². The van der Waals surface area contributed by atoms with E-state index in [1.54, 1.807) is 0 Å². The van der Waals surface area contributed by atoms with E-state index in [0.717, 1.165) is 20.9 Å². The fraction of sp³-hybridized carbons (Fsp3) is 0.143.